The summed E-state index contributed by atoms with van der Waals surface area (Å²) in [6.07, 6.45) is 3.94. The van der Waals surface area contributed by atoms with E-state index in [9.17, 15) is 0 Å². The van der Waals surface area contributed by atoms with E-state index in [1.165, 1.54) is 19.1 Å². The lowest BCUT2D eigenvalue weighted by Crippen LogP contribution is -2.33. The second-order valence-corrected chi connectivity index (χ2v) is 3.66. The summed E-state index contributed by atoms with van der Waals surface area (Å²) in [4.78, 5) is 2.25. The molecule has 1 saturated heterocycles. The van der Waals surface area contributed by atoms with Gasteiger partial charge in [0.1, 0.15) is 5.76 Å². The average Bonchev–Trinajstić information content (AvgIpc) is 2.75. The van der Waals surface area contributed by atoms with Gasteiger partial charge < -0.3 is 14.5 Å². The number of furan rings is 1. The first-order valence-corrected chi connectivity index (χ1v) is 4.92. The van der Waals surface area contributed by atoms with Crippen molar-refractivity contribution in [3.8, 4) is 0 Å². The largest absolute Gasteiger partial charge is 0.492 e. The highest BCUT2D eigenvalue weighted by molar-refractivity contribution is 6.59. The molecule has 1 aromatic rings. The molecule has 5 heteroatoms. The predicted molar refractivity (Wildman–Crippen MR) is 53.0 cm³/mol. The van der Waals surface area contributed by atoms with E-state index in [1.807, 2.05) is 0 Å². The standard InChI is InChI=1S/C9H14BNO3/c12-10(13)8-3-6-14-9(8)7-11-4-1-2-5-11/h3,6,12-13H,1-2,4-5,7H2. The Balaban J connectivity index is 2.04. The number of rotatable bonds is 3. The predicted octanol–water partition coefficient (Wildman–Crippen LogP) is -0.445. The van der Waals surface area contributed by atoms with Crippen molar-refractivity contribution in [2.75, 3.05) is 13.1 Å². The van der Waals surface area contributed by atoms with Crippen molar-refractivity contribution in [3.63, 3.8) is 0 Å². The normalized spacial score (nSPS) is 17.6. The van der Waals surface area contributed by atoms with Gasteiger partial charge in [-0.1, -0.05) is 0 Å². The summed E-state index contributed by atoms with van der Waals surface area (Å²) in [6.45, 7) is 2.82. The van der Waals surface area contributed by atoms with Crippen LogP contribution in [0, 0.1) is 0 Å². The van der Waals surface area contributed by atoms with E-state index in [4.69, 9.17) is 14.5 Å². The van der Waals surface area contributed by atoms with Crippen molar-refractivity contribution >= 4 is 12.6 Å². The van der Waals surface area contributed by atoms with Crippen LogP contribution in [0.3, 0.4) is 0 Å². The van der Waals surface area contributed by atoms with Crippen LogP contribution in [-0.2, 0) is 6.54 Å². The topological polar surface area (TPSA) is 56.8 Å². The van der Waals surface area contributed by atoms with Crippen LogP contribution < -0.4 is 5.46 Å². The van der Waals surface area contributed by atoms with Crippen LogP contribution >= 0.6 is 0 Å². The van der Waals surface area contributed by atoms with E-state index in [0.717, 1.165) is 13.1 Å². The molecule has 1 aliphatic heterocycles. The maximum absolute atomic E-state index is 9.04. The van der Waals surface area contributed by atoms with Gasteiger partial charge in [-0.3, -0.25) is 4.90 Å². The van der Waals surface area contributed by atoms with E-state index >= 15 is 0 Å². The smallest absolute Gasteiger partial charge is 0.468 e. The second-order valence-electron chi connectivity index (χ2n) is 3.66. The van der Waals surface area contributed by atoms with Gasteiger partial charge in [0.2, 0.25) is 0 Å². The maximum atomic E-state index is 9.04. The fourth-order valence-corrected chi connectivity index (χ4v) is 1.85. The number of likely N-dealkylation sites (tertiary alicyclic amines) is 1. The van der Waals surface area contributed by atoms with E-state index in [0.29, 0.717) is 17.8 Å². The lowest BCUT2D eigenvalue weighted by molar-refractivity contribution is 0.298. The molecule has 0 bridgehead atoms. The minimum atomic E-state index is -1.42. The quantitative estimate of drug-likeness (QED) is 0.641. The molecule has 2 rings (SSSR count). The van der Waals surface area contributed by atoms with Gasteiger partial charge in [0.05, 0.1) is 12.8 Å². The molecule has 2 N–H and O–H groups in total. The van der Waals surface area contributed by atoms with Crippen molar-refractivity contribution in [1.29, 1.82) is 0 Å². The lowest BCUT2D eigenvalue weighted by Gasteiger charge is -2.13. The molecule has 4 nitrogen and oxygen atoms in total. The zero-order valence-electron chi connectivity index (χ0n) is 8.02. The van der Waals surface area contributed by atoms with Crippen LogP contribution in [0.1, 0.15) is 18.6 Å². The highest BCUT2D eigenvalue weighted by atomic mass is 16.4. The van der Waals surface area contributed by atoms with Crippen molar-refractivity contribution in [3.05, 3.63) is 18.1 Å². The molecule has 0 saturated carbocycles. The monoisotopic (exact) mass is 195 g/mol. The first kappa shape index (κ1) is 9.77. The summed E-state index contributed by atoms with van der Waals surface area (Å²) in [5.41, 5.74) is 0.483. The van der Waals surface area contributed by atoms with Crippen molar-refractivity contribution in [2.24, 2.45) is 0 Å². The molecule has 0 atom stereocenters. The average molecular weight is 195 g/mol. The molecule has 1 fully saturated rings. The number of nitrogens with zero attached hydrogens (tertiary/aromatic N) is 1. The van der Waals surface area contributed by atoms with Crippen LogP contribution in [0.4, 0.5) is 0 Å². The van der Waals surface area contributed by atoms with Crippen molar-refractivity contribution < 1.29 is 14.5 Å². The van der Waals surface area contributed by atoms with Gasteiger partial charge in [-0.05, 0) is 32.0 Å². The molecule has 0 spiro atoms. The highest BCUT2D eigenvalue weighted by Gasteiger charge is 2.21. The summed E-state index contributed by atoms with van der Waals surface area (Å²) in [5, 5.41) is 18.1. The summed E-state index contributed by atoms with van der Waals surface area (Å²) in [5.74, 6) is 0.668. The van der Waals surface area contributed by atoms with Gasteiger partial charge >= 0.3 is 7.12 Å². The van der Waals surface area contributed by atoms with Gasteiger partial charge in [-0.15, -0.1) is 0 Å². The molecular weight excluding hydrogens is 181 g/mol. The molecule has 0 amide bonds. The lowest BCUT2D eigenvalue weighted by atomic mass is 9.80. The Morgan fingerprint density at radius 2 is 2.07 bits per heavy atom. The SMILES string of the molecule is OB(O)c1ccoc1CN1CCCC1. The van der Waals surface area contributed by atoms with E-state index in [1.54, 1.807) is 6.07 Å². The molecule has 1 aromatic heterocycles. The number of hydrogen-bond donors (Lipinski definition) is 2. The summed E-state index contributed by atoms with van der Waals surface area (Å²) in [6, 6.07) is 1.61. The summed E-state index contributed by atoms with van der Waals surface area (Å²) in [7, 11) is -1.42. The third kappa shape index (κ3) is 2.00. The Morgan fingerprint density at radius 1 is 1.36 bits per heavy atom. The molecule has 76 valence electrons. The minimum absolute atomic E-state index is 0.483. The Kier molecular flexibility index (Phi) is 2.91. The van der Waals surface area contributed by atoms with Gasteiger partial charge in [0.15, 0.2) is 0 Å². The molecule has 0 unspecified atom stereocenters. The molecule has 1 aliphatic rings. The van der Waals surface area contributed by atoms with Gasteiger partial charge in [0, 0.05) is 5.46 Å². The fourth-order valence-electron chi connectivity index (χ4n) is 1.85. The van der Waals surface area contributed by atoms with Gasteiger partial charge in [-0.25, -0.2) is 0 Å². The van der Waals surface area contributed by atoms with Crippen LogP contribution in [0.5, 0.6) is 0 Å². The molecule has 14 heavy (non-hydrogen) atoms. The van der Waals surface area contributed by atoms with Crippen LogP contribution in [0.15, 0.2) is 16.7 Å². The number of hydrogen-bond acceptors (Lipinski definition) is 4. The molecule has 2 heterocycles. The Hall–Kier alpha value is -0.775. The minimum Gasteiger partial charge on any atom is -0.468 e. The highest BCUT2D eigenvalue weighted by Crippen LogP contribution is 2.11. The zero-order valence-corrected chi connectivity index (χ0v) is 8.02. The maximum Gasteiger partial charge on any atom is 0.492 e. The first-order valence-electron chi connectivity index (χ1n) is 4.92. The van der Waals surface area contributed by atoms with Crippen LogP contribution in [-0.4, -0.2) is 35.2 Å². The van der Waals surface area contributed by atoms with E-state index < -0.39 is 7.12 Å². The van der Waals surface area contributed by atoms with Gasteiger partial charge in [0.25, 0.3) is 0 Å². The van der Waals surface area contributed by atoms with Crippen LogP contribution in [0.25, 0.3) is 0 Å². The zero-order chi connectivity index (χ0) is 9.97. The fraction of sp³-hybridized carbons (Fsp3) is 0.556. The van der Waals surface area contributed by atoms with E-state index in [-0.39, 0.29) is 0 Å². The van der Waals surface area contributed by atoms with Crippen molar-refractivity contribution in [2.45, 2.75) is 19.4 Å². The Morgan fingerprint density at radius 3 is 2.71 bits per heavy atom. The Bertz CT molecular complexity index is 294. The summed E-state index contributed by atoms with van der Waals surface area (Å²) >= 11 is 0. The van der Waals surface area contributed by atoms with Crippen LogP contribution in [0.2, 0.25) is 0 Å². The summed E-state index contributed by atoms with van der Waals surface area (Å²) < 4.78 is 5.23. The van der Waals surface area contributed by atoms with E-state index in [2.05, 4.69) is 4.90 Å². The van der Waals surface area contributed by atoms with Crippen molar-refractivity contribution in [1.82, 2.24) is 4.90 Å². The molecule has 0 aromatic carbocycles. The molecule has 0 aliphatic carbocycles. The third-order valence-electron chi connectivity index (χ3n) is 2.62. The molecule has 0 radical (unpaired) electrons. The third-order valence-corrected chi connectivity index (χ3v) is 2.62. The first-order chi connectivity index (χ1) is 6.77. The Labute approximate surface area is 83.3 Å². The molecular formula is C9H14BNO3. The van der Waals surface area contributed by atoms with Gasteiger partial charge in [-0.2, -0.15) is 0 Å². The second kappa shape index (κ2) is 4.17.